The van der Waals surface area contributed by atoms with E-state index in [2.05, 4.69) is 52.6 Å². The summed E-state index contributed by atoms with van der Waals surface area (Å²) in [6.07, 6.45) is 2.17. The molecule has 16 heavy (non-hydrogen) atoms. The molecule has 0 unspecified atom stereocenters. The minimum absolute atomic E-state index is 0.195. The Morgan fingerprint density at radius 3 is 2.25 bits per heavy atom. The largest absolute Gasteiger partial charge is 0.348 e. The fraction of sp³-hybridized carbons (Fsp3) is 1.00. The van der Waals surface area contributed by atoms with Gasteiger partial charge in [-0.1, -0.05) is 52.6 Å². The summed E-state index contributed by atoms with van der Waals surface area (Å²) in [4.78, 5) is 0.492. The Bertz CT molecular complexity index is 262. The van der Waals surface area contributed by atoms with Crippen LogP contribution in [0.5, 0.6) is 0 Å². The van der Waals surface area contributed by atoms with Crippen LogP contribution in [0.2, 0.25) is 0 Å². The Morgan fingerprint density at radius 1 is 1.12 bits per heavy atom. The van der Waals surface area contributed by atoms with E-state index in [0.717, 1.165) is 19.6 Å². The van der Waals surface area contributed by atoms with Gasteiger partial charge < -0.3 is 9.47 Å². The van der Waals surface area contributed by atoms with Crippen LogP contribution < -0.4 is 0 Å². The monoisotopic (exact) mass is 354 g/mol. The molecule has 1 aliphatic carbocycles. The second-order valence-electron chi connectivity index (χ2n) is 5.71. The molecule has 3 atom stereocenters. The topological polar surface area (TPSA) is 18.5 Å². The number of halogens is 2. The lowest BCUT2D eigenvalue weighted by Gasteiger charge is -2.55. The van der Waals surface area contributed by atoms with Gasteiger partial charge in [-0.25, -0.2) is 0 Å². The first-order chi connectivity index (χ1) is 7.40. The van der Waals surface area contributed by atoms with E-state index in [9.17, 15) is 0 Å². The van der Waals surface area contributed by atoms with Crippen LogP contribution in [0, 0.1) is 11.3 Å². The lowest BCUT2D eigenvalue weighted by molar-refractivity contribution is -0.287. The van der Waals surface area contributed by atoms with Crippen molar-refractivity contribution in [2.45, 2.75) is 49.1 Å². The third-order valence-electron chi connectivity index (χ3n) is 3.72. The standard InChI is InChI=1S/C12H20Br2O2/c1-8-7-11(2,3)10(14)12(9(8)13)15-5-4-6-16-12/h8-10H,4-7H2,1-3H3/t8-,9-,10-/m1/s1. The van der Waals surface area contributed by atoms with Crippen molar-refractivity contribution in [3.05, 3.63) is 0 Å². The second kappa shape index (κ2) is 4.52. The first kappa shape index (κ1) is 13.3. The molecule has 0 aromatic rings. The summed E-state index contributed by atoms with van der Waals surface area (Å²) in [7, 11) is 0. The van der Waals surface area contributed by atoms with Gasteiger partial charge in [-0.15, -0.1) is 0 Å². The molecule has 0 aromatic heterocycles. The molecule has 4 heteroatoms. The molecule has 1 aliphatic heterocycles. The van der Waals surface area contributed by atoms with E-state index in [1.54, 1.807) is 0 Å². The Labute approximate surface area is 115 Å². The molecule has 2 nitrogen and oxygen atoms in total. The van der Waals surface area contributed by atoms with Gasteiger partial charge in [0.05, 0.1) is 22.9 Å². The van der Waals surface area contributed by atoms with Gasteiger partial charge in [0.2, 0.25) is 0 Å². The van der Waals surface area contributed by atoms with Crippen molar-refractivity contribution in [2.75, 3.05) is 13.2 Å². The first-order valence-electron chi connectivity index (χ1n) is 5.96. The van der Waals surface area contributed by atoms with E-state index in [4.69, 9.17) is 9.47 Å². The van der Waals surface area contributed by atoms with Crippen LogP contribution in [0.3, 0.4) is 0 Å². The van der Waals surface area contributed by atoms with Crippen molar-refractivity contribution in [1.82, 2.24) is 0 Å². The maximum Gasteiger partial charge on any atom is 0.194 e. The van der Waals surface area contributed by atoms with E-state index in [-0.39, 0.29) is 15.1 Å². The van der Waals surface area contributed by atoms with Crippen molar-refractivity contribution in [3.63, 3.8) is 0 Å². The van der Waals surface area contributed by atoms with Crippen LogP contribution in [0.4, 0.5) is 0 Å². The van der Waals surface area contributed by atoms with Crippen LogP contribution in [0.25, 0.3) is 0 Å². The first-order valence-corrected chi connectivity index (χ1v) is 7.79. The molecule has 0 N–H and O–H groups in total. The summed E-state index contributed by atoms with van der Waals surface area (Å²) >= 11 is 7.60. The summed E-state index contributed by atoms with van der Waals surface area (Å²) in [6, 6.07) is 0. The van der Waals surface area contributed by atoms with Gasteiger partial charge in [0.15, 0.2) is 5.79 Å². The maximum atomic E-state index is 6.02. The highest BCUT2D eigenvalue weighted by Gasteiger charge is 2.58. The zero-order valence-electron chi connectivity index (χ0n) is 10.1. The van der Waals surface area contributed by atoms with Crippen LogP contribution in [-0.2, 0) is 9.47 Å². The van der Waals surface area contributed by atoms with Crippen LogP contribution in [0.15, 0.2) is 0 Å². The molecule has 94 valence electrons. The second-order valence-corrected chi connectivity index (χ2v) is 7.61. The normalized spacial score (nSPS) is 42.2. The molecule has 2 rings (SSSR count). The Hall–Kier alpha value is 0.880. The third kappa shape index (κ3) is 2.00. The minimum atomic E-state index is -0.487. The average Bonchev–Trinajstić information content (AvgIpc) is 2.25. The molecule has 2 aliphatic rings. The quantitative estimate of drug-likeness (QED) is 0.616. The van der Waals surface area contributed by atoms with Crippen molar-refractivity contribution in [2.24, 2.45) is 11.3 Å². The maximum absolute atomic E-state index is 6.02. The van der Waals surface area contributed by atoms with E-state index >= 15 is 0 Å². The number of rotatable bonds is 0. The summed E-state index contributed by atoms with van der Waals surface area (Å²) in [6.45, 7) is 8.43. The average molecular weight is 356 g/mol. The van der Waals surface area contributed by atoms with Gasteiger partial charge in [-0.2, -0.15) is 0 Å². The molecule has 0 aromatic carbocycles. The van der Waals surface area contributed by atoms with Gasteiger partial charge in [-0.3, -0.25) is 0 Å². The van der Waals surface area contributed by atoms with Gasteiger partial charge in [0.25, 0.3) is 0 Å². The van der Waals surface area contributed by atoms with Gasteiger partial charge in [0.1, 0.15) is 0 Å². The number of hydrogen-bond acceptors (Lipinski definition) is 2. The SMILES string of the molecule is C[C@@H]1CC(C)(C)[C@@H](Br)C2(OCCCO2)[C@@H]1Br. The van der Waals surface area contributed by atoms with Crippen LogP contribution in [0.1, 0.15) is 33.6 Å². The van der Waals surface area contributed by atoms with Crippen LogP contribution >= 0.6 is 31.9 Å². The van der Waals surface area contributed by atoms with Crippen molar-refractivity contribution >= 4 is 31.9 Å². The fourth-order valence-electron chi connectivity index (χ4n) is 2.99. The molecule has 1 heterocycles. The third-order valence-corrected chi connectivity index (χ3v) is 7.13. The molecular weight excluding hydrogens is 336 g/mol. The van der Waals surface area contributed by atoms with Gasteiger partial charge in [0, 0.05) is 0 Å². The molecule has 1 saturated heterocycles. The summed E-state index contributed by atoms with van der Waals surface area (Å²) in [5.74, 6) is 0.0706. The Kier molecular flexibility index (Phi) is 3.76. The van der Waals surface area contributed by atoms with Gasteiger partial charge in [-0.05, 0) is 24.2 Å². The lowest BCUT2D eigenvalue weighted by Crippen LogP contribution is -2.63. The van der Waals surface area contributed by atoms with Crippen molar-refractivity contribution in [3.8, 4) is 0 Å². The van der Waals surface area contributed by atoms with Crippen LogP contribution in [-0.4, -0.2) is 28.7 Å². The molecule has 1 spiro atoms. The predicted octanol–water partition coefficient (Wildman–Crippen LogP) is 3.71. The van der Waals surface area contributed by atoms with Crippen molar-refractivity contribution < 1.29 is 9.47 Å². The van der Waals surface area contributed by atoms with E-state index in [1.165, 1.54) is 6.42 Å². The number of alkyl halides is 2. The minimum Gasteiger partial charge on any atom is -0.348 e. The molecule has 0 amide bonds. The smallest absolute Gasteiger partial charge is 0.194 e. The van der Waals surface area contributed by atoms with E-state index in [0.29, 0.717) is 5.92 Å². The number of ether oxygens (including phenoxy) is 2. The van der Waals surface area contributed by atoms with E-state index in [1.807, 2.05) is 0 Å². The molecule has 2 fully saturated rings. The summed E-state index contributed by atoms with van der Waals surface area (Å²) < 4.78 is 12.0. The zero-order valence-corrected chi connectivity index (χ0v) is 13.3. The van der Waals surface area contributed by atoms with Gasteiger partial charge >= 0.3 is 0 Å². The Balaban J connectivity index is 2.31. The van der Waals surface area contributed by atoms with Crippen molar-refractivity contribution in [1.29, 1.82) is 0 Å². The highest BCUT2D eigenvalue weighted by Crippen LogP contribution is 2.53. The molecule has 0 radical (unpaired) electrons. The zero-order chi connectivity index (χ0) is 12.0. The molecule has 1 saturated carbocycles. The Morgan fingerprint density at radius 2 is 1.69 bits per heavy atom. The molecule has 0 bridgehead atoms. The lowest BCUT2D eigenvalue weighted by atomic mass is 9.69. The predicted molar refractivity (Wildman–Crippen MR) is 72.2 cm³/mol. The summed E-state index contributed by atoms with van der Waals surface area (Å²) in [5.41, 5.74) is 0.195. The highest BCUT2D eigenvalue weighted by atomic mass is 79.9. The number of hydrogen-bond donors (Lipinski definition) is 0. The summed E-state index contributed by atoms with van der Waals surface area (Å²) in [5, 5.41) is 0. The fourth-order valence-corrected chi connectivity index (χ4v) is 4.79. The van der Waals surface area contributed by atoms with E-state index < -0.39 is 5.79 Å². The highest BCUT2D eigenvalue weighted by molar-refractivity contribution is 9.10. The molecular formula is C12H20Br2O2.